The summed E-state index contributed by atoms with van der Waals surface area (Å²) in [6.07, 6.45) is 3.43. The maximum Gasteiger partial charge on any atom is 0.246 e. The molecule has 0 aliphatic carbocycles. The van der Waals surface area contributed by atoms with Crippen molar-refractivity contribution in [1.82, 2.24) is 4.90 Å². The molecule has 0 aromatic heterocycles. The number of nitrogens with zero attached hydrogens (tertiary/aromatic N) is 2. The first kappa shape index (κ1) is 20.6. The normalized spacial score (nSPS) is 14.2. The summed E-state index contributed by atoms with van der Waals surface area (Å²) in [7, 11) is 3.29. The van der Waals surface area contributed by atoms with Crippen molar-refractivity contribution in [2.45, 2.75) is 6.92 Å². The van der Waals surface area contributed by atoms with Crippen molar-refractivity contribution in [1.29, 1.82) is 0 Å². The highest BCUT2D eigenvalue weighted by Crippen LogP contribution is 2.29. The quantitative estimate of drug-likeness (QED) is 0.671. The third-order valence-electron chi connectivity index (χ3n) is 4.92. The molecule has 0 atom stereocenters. The van der Waals surface area contributed by atoms with E-state index in [2.05, 4.69) is 11.0 Å². The molecule has 0 radical (unpaired) electrons. The van der Waals surface area contributed by atoms with Crippen molar-refractivity contribution in [3.63, 3.8) is 0 Å². The van der Waals surface area contributed by atoms with Crippen LogP contribution >= 0.6 is 0 Å². The number of anilines is 1. The lowest BCUT2D eigenvalue weighted by Crippen LogP contribution is -2.48. The molecule has 2 aromatic carbocycles. The van der Waals surface area contributed by atoms with Crippen LogP contribution in [-0.4, -0.2) is 57.8 Å². The van der Waals surface area contributed by atoms with E-state index in [4.69, 9.17) is 14.2 Å². The number of para-hydroxylation sites is 2. The molecule has 0 saturated carbocycles. The molecule has 2 aromatic rings. The first-order valence-corrected chi connectivity index (χ1v) is 9.82. The van der Waals surface area contributed by atoms with Crippen LogP contribution in [0, 0.1) is 0 Å². The van der Waals surface area contributed by atoms with Gasteiger partial charge in [-0.15, -0.1) is 0 Å². The largest absolute Gasteiger partial charge is 0.495 e. The van der Waals surface area contributed by atoms with Crippen LogP contribution in [0.25, 0.3) is 6.08 Å². The molecule has 154 valence electrons. The van der Waals surface area contributed by atoms with Gasteiger partial charge in [-0.05, 0) is 42.8 Å². The first-order valence-electron chi connectivity index (χ1n) is 9.82. The minimum absolute atomic E-state index is 0.0116. The number of amides is 1. The predicted molar refractivity (Wildman–Crippen MR) is 115 cm³/mol. The Bertz CT molecular complexity index is 858. The third-order valence-corrected chi connectivity index (χ3v) is 4.92. The van der Waals surface area contributed by atoms with Gasteiger partial charge < -0.3 is 24.0 Å². The summed E-state index contributed by atoms with van der Waals surface area (Å²) in [5, 5.41) is 0. The van der Waals surface area contributed by atoms with Gasteiger partial charge in [0.05, 0.1) is 26.5 Å². The Hall–Kier alpha value is -3.15. The van der Waals surface area contributed by atoms with Crippen LogP contribution in [0.2, 0.25) is 0 Å². The molecular formula is C23H28N2O4. The van der Waals surface area contributed by atoms with Crippen LogP contribution in [-0.2, 0) is 4.79 Å². The molecule has 1 saturated heterocycles. The zero-order valence-corrected chi connectivity index (χ0v) is 17.3. The maximum absolute atomic E-state index is 12.6. The second-order valence-electron chi connectivity index (χ2n) is 6.66. The Kier molecular flexibility index (Phi) is 7.00. The van der Waals surface area contributed by atoms with Gasteiger partial charge in [-0.3, -0.25) is 4.79 Å². The Morgan fingerprint density at radius 1 is 0.966 bits per heavy atom. The number of hydrogen-bond acceptors (Lipinski definition) is 5. The minimum Gasteiger partial charge on any atom is -0.495 e. The van der Waals surface area contributed by atoms with Crippen LogP contribution < -0.4 is 19.1 Å². The smallest absolute Gasteiger partial charge is 0.246 e. The summed E-state index contributed by atoms with van der Waals surface area (Å²) in [6, 6.07) is 13.6. The second kappa shape index (κ2) is 9.87. The van der Waals surface area contributed by atoms with E-state index in [0.29, 0.717) is 31.2 Å². The summed E-state index contributed by atoms with van der Waals surface area (Å²) < 4.78 is 16.3. The third kappa shape index (κ3) is 5.02. The fourth-order valence-corrected chi connectivity index (χ4v) is 3.39. The van der Waals surface area contributed by atoms with E-state index in [1.165, 1.54) is 0 Å². The maximum atomic E-state index is 12.6. The number of hydrogen-bond donors (Lipinski definition) is 0. The average molecular weight is 396 g/mol. The Balaban J connectivity index is 1.60. The molecule has 29 heavy (non-hydrogen) atoms. The summed E-state index contributed by atoms with van der Waals surface area (Å²) in [4.78, 5) is 16.7. The van der Waals surface area contributed by atoms with Crippen LogP contribution in [0.5, 0.6) is 17.2 Å². The highest BCUT2D eigenvalue weighted by atomic mass is 16.5. The number of methoxy groups -OCH3 is 2. The van der Waals surface area contributed by atoms with Crippen LogP contribution in [0.1, 0.15) is 12.5 Å². The number of carbonyl (C=O) groups is 1. The van der Waals surface area contributed by atoms with Gasteiger partial charge in [-0.2, -0.15) is 0 Å². The van der Waals surface area contributed by atoms with Gasteiger partial charge in [-0.1, -0.05) is 18.2 Å². The van der Waals surface area contributed by atoms with E-state index in [-0.39, 0.29) is 5.91 Å². The second-order valence-corrected chi connectivity index (χ2v) is 6.66. The lowest BCUT2D eigenvalue weighted by atomic mass is 10.1. The summed E-state index contributed by atoms with van der Waals surface area (Å²) in [5.41, 5.74) is 1.96. The van der Waals surface area contributed by atoms with Crippen molar-refractivity contribution >= 4 is 17.7 Å². The van der Waals surface area contributed by atoms with Gasteiger partial charge in [0.25, 0.3) is 0 Å². The fraction of sp³-hybridized carbons (Fsp3) is 0.348. The van der Waals surface area contributed by atoms with E-state index in [1.54, 1.807) is 20.3 Å². The van der Waals surface area contributed by atoms with Crippen molar-refractivity contribution in [2.75, 3.05) is 51.9 Å². The molecule has 1 aliphatic heterocycles. The van der Waals surface area contributed by atoms with Gasteiger partial charge in [0.15, 0.2) is 11.5 Å². The molecule has 0 spiro atoms. The van der Waals surface area contributed by atoms with Crippen molar-refractivity contribution in [3.8, 4) is 17.2 Å². The molecule has 6 heteroatoms. The van der Waals surface area contributed by atoms with E-state index in [0.717, 1.165) is 30.1 Å². The van der Waals surface area contributed by atoms with E-state index in [1.807, 2.05) is 54.3 Å². The van der Waals surface area contributed by atoms with Crippen LogP contribution in [0.15, 0.2) is 48.5 Å². The zero-order valence-electron chi connectivity index (χ0n) is 17.3. The molecule has 0 unspecified atom stereocenters. The summed E-state index contributed by atoms with van der Waals surface area (Å²) >= 11 is 0. The Labute approximate surface area is 172 Å². The molecule has 1 heterocycles. The lowest BCUT2D eigenvalue weighted by Gasteiger charge is -2.36. The monoisotopic (exact) mass is 396 g/mol. The molecular weight excluding hydrogens is 368 g/mol. The molecule has 1 amide bonds. The highest BCUT2D eigenvalue weighted by Gasteiger charge is 2.21. The highest BCUT2D eigenvalue weighted by molar-refractivity contribution is 5.92. The number of piperazine rings is 1. The summed E-state index contributed by atoms with van der Waals surface area (Å²) in [6.45, 7) is 5.40. The SMILES string of the molecule is CCOc1ccc(/C=C/C(=O)N2CCN(c3ccccc3OC)CC2)cc1OC. The Morgan fingerprint density at radius 3 is 2.38 bits per heavy atom. The van der Waals surface area contributed by atoms with Crippen LogP contribution in [0.4, 0.5) is 5.69 Å². The molecule has 0 bridgehead atoms. The average Bonchev–Trinajstić information content (AvgIpc) is 2.78. The zero-order chi connectivity index (χ0) is 20.6. The molecule has 3 rings (SSSR count). The predicted octanol–water partition coefficient (Wildman–Crippen LogP) is 3.46. The fourth-order valence-electron chi connectivity index (χ4n) is 3.39. The Morgan fingerprint density at radius 2 is 1.69 bits per heavy atom. The van der Waals surface area contributed by atoms with Crippen LogP contribution in [0.3, 0.4) is 0 Å². The van der Waals surface area contributed by atoms with Gasteiger partial charge in [-0.25, -0.2) is 0 Å². The van der Waals surface area contributed by atoms with Gasteiger partial charge in [0.2, 0.25) is 5.91 Å². The standard InChI is InChI=1S/C23H28N2O4/c1-4-29-21-11-9-18(17-22(21)28-3)10-12-23(26)25-15-13-24(14-16-25)19-7-5-6-8-20(19)27-2/h5-12,17H,4,13-16H2,1-3H3/b12-10+. The molecule has 6 nitrogen and oxygen atoms in total. The van der Waals surface area contributed by atoms with Crippen molar-refractivity contribution in [2.24, 2.45) is 0 Å². The van der Waals surface area contributed by atoms with Gasteiger partial charge >= 0.3 is 0 Å². The number of carbonyl (C=O) groups excluding carboxylic acids is 1. The number of ether oxygens (including phenoxy) is 3. The van der Waals surface area contributed by atoms with E-state index >= 15 is 0 Å². The van der Waals surface area contributed by atoms with E-state index < -0.39 is 0 Å². The number of rotatable bonds is 7. The lowest BCUT2D eigenvalue weighted by molar-refractivity contribution is -0.126. The van der Waals surface area contributed by atoms with E-state index in [9.17, 15) is 4.79 Å². The van der Waals surface area contributed by atoms with Gasteiger partial charge in [0, 0.05) is 32.3 Å². The van der Waals surface area contributed by atoms with Crippen molar-refractivity contribution in [3.05, 3.63) is 54.1 Å². The first-order chi connectivity index (χ1) is 14.2. The minimum atomic E-state index is 0.0116. The summed E-state index contributed by atoms with van der Waals surface area (Å²) in [5.74, 6) is 2.23. The molecule has 0 N–H and O–H groups in total. The topological polar surface area (TPSA) is 51.2 Å². The molecule has 1 aliphatic rings. The number of benzene rings is 2. The molecule has 1 fully saturated rings. The van der Waals surface area contributed by atoms with Crippen molar-refractivity contribution < 1.29 is 19.0 Å². The van der Waals surface area contributed by atoms with Gasteiger partial charge in [0.1, 0.15) is 5.75 Å².